The summed E-state index contributed by atoms with van der Waals surface area (Å²) in [5, 5.41) is 6.87. The molecule has 104 valence electrons. The largest absolute Gasteiger partial charge is 0.348 e. The molecule has 0 aliphatic heterocycles. The molecule has 0 saturated heterocycles. The van der Waals surface area contributed by atoms with E-state index < -0.39 is 0 Å². The van der Waals surface area contributed by atoms with Gasteiger partial charge in [-0.3, -0.25) is 9.48 Å². The molecule has 1 aromatic carbocycles. The zero-order chi connectivity index (χ0) is 14.4. The third-order valence-corrected chi connectivity index (χ3v) is 3.51. The van der Waals surface area contributed by atoms with Gasteiger partial charge in [-0.2, -0.15) is 5.10 Å². The third-order valence-electron chi connectivity index (χ3n) is 2.77. The maximum Gasteiger partial charge on any atom is 0.244 e. The smallest absolute Gasteiger partial charge is 0.244 e. The van der Waals surface area contributed by atoms with Crippen LogP contribution in [0.15, 0.2) is 47.6 Å². The van der Waals surface area contributed by atoms with E-state index in [0.717, 1.165) is 11.1 Å². The van der Waals surface area contributed by atoms with Gasteiger partial charge in [0.2, 0.25) is 5.91 Å². The van der Waals surface area contributed by atoms with E-state index in [1.165, 1.54) is 4.90 Å². The Kier molecular flexibility index (Phi) is 5.01. The van der Waals surface area contributed by atoms with Gasteiger partial charge < -0.3 is 5.32 Å². The van der Waals surface area contributed by atoms with Gasteiger partial charge in [0.15, 0.2) is 0 Å². The Morgan fingerprint density at radius 3 is 2.75 bits per heavy atom. The maximum absolute atomic E-state index is 11.7. The minimum atomic E-state index is -0.109. The molecule has 0 spiro atoms. The first kappa shape index (κ1) is 14.4. The number of carbonyl (C=O) groups is 1. The van der Waals surface area contributed by atoms with Crippen LogP contribution < -0.4 is 5.32 Å². The monoisotopic (exact) mass is 287 g/mol. The molecule has 2 aromatic rings. The van der Waals surface area contributed by atoms with Gasteiger partial charge in [-0.1, -0.05) is 12.1 Å². The van der Waals surface area contributed by atoms with Gasteiger partial charge in [0.05, 0.1) is 6.20 Å². The molecule has 1 heterocycles. The highest BCUT2D eigenvalue weighted by molar-refractivity contribution is 7.98. The number of hydrogen-bond acceptors (Lipinski definition) is 3. The molecule has 2 rings (SSSR count). The zero-order valence-corrected chi connectivity index (χ0v) is 12.4. The number of nitrogens with zero attached hydrogens (tertiary/aromatic N) is 2. The first-order valence-electron chi connectivity index (χ1n) is 6.25. The second kappa shape index (κ2) is 6.96. The van der Waals surface area contributed by atoms with Crippen molar-refractivity contribution in [3.05, 3.63) is 53.9 Å². The Morgan fingerprint density at radius 2 is 2.15 bits per heavy atom. The summed E-state index contributed by atoms with van der Waals surface area (Å²) in [5.41, 5.74) is 2.00. The summed E-state index contributed by atoms with van der Waals surface area (Å²) in [4.78, 5) is 12.9. The first-order valence-corrected chi connectivity index (χ1v) is 7.47. The summed E-state index contributed by atoms with van der Waals surface area (Å²) >= 11 is 1.70. The van der Waals surface area contributed by atoms with Gasteiger partial charge in [0.1, 0.15) is 0 Å². The molecular formula is C15H17N3OS. The Morgan fingerprint density at radius 1 is 1.40 bits per heavy atom. The van der Waals surface area contributed by atoms with Crippen molar-refractivity contribution in [1.29, 1.82) is 0 Å². The van der Waals surface area contributed by atoms with Crippen LogP contribution in [0.2, 0.25) is 0 Å². The van der Waals surface area contributed by atoms with Gasteiger partial charge in [-0.15, -0.1) is 11.8 Å². The molecule has 0 fully saturated rings. The average molecular weight is 287 g/mol. The summed E-state index contributed by atoms with van der Waals surface area (Å²) < 4.78 is 1.71. The molecule has 0 bridgehead atoms. The number of aromatic nitrogens is 2. The van der Waals surface area contributed by atoms with E-state index in [2.05, 4.69) is 10.4 Å². The number of benzene rings is 1. The van der Waals surface area contributed by atoms with Crippen LogP contribution in [0.5, 0.6) is 0 Å². The number of amides is 1. The van der Waals surface area contributed by atoms with Crippen LogP contribution in [0, 0.1) is 0 Å². The summed E-state index contributed by atoms with van der Waals surface area (Å²) in [6, 6.07) is 8.07. The second-order valence-electron chi connectivity index (χ2n) is 4.35. The lowest BCUT2D eigenvalue weighted by molar-refractivity contribution is -0.116. The van der Waals surface area contributed by atoms with Gasteiger partial charge in [-0.05, 0) is 30.0 Å². The first-order chi connectivity index (χ1) is 9.67. The molecule has 1 amide bonds. The van der Waals surface area contributed by atoms with E-state index in [4.69, 9.17) is 0 Å². The fraction of sp³-hybridized carbons (Fsp3) is 0.200. The molecule has 4 nitrogen and oxygen atoms in total. The number of thioether (sulfide) groups is 1. The maximum atomic E-state index is 11.7. The normalized spacial score (nSPS) is 10.9. The highest BCUT2D eigenvalue weighted by Gasteiger charge is 1.98. The SMILES string of the molecule is CSc1ccc(/C=C/C(=O)NCc2cnn(C)c2)cc1. The summed E-state index contributed by atoms with van der Waals surface area (Å²) in [5.74, 6) is -0.109. The lowest BCUT2D eigenvalue weighted by Gasteiger charge is -1.99. The van der Waals surface area contributed by atoms with Gasteiger partial charge in [0.25, 0.3) is 0 Å². The predicted octanol–water partition coefficient (Wildman–Crippen LogP) is 2.47. The van der Waals surface area contributed by atoms with Crippen LogP contribution in [0.25, 0.3) is 6.08 Å². The lowest BCUT2D eigenvalue weighted by atomic mass is 10.2. The lowest BCUT2D eigenvalue weighted by Crippen LogP contribution is -2.19. The Hall–Kier alpha value is -2.01. The minimum absolute atomic E-state index is 0.109. The van der Waals surface area contributed by atoms with Crippen LogP contribution >= 0.6 is 11.8 Å². The molecule has 0 saturated carbocycles. The standard InChI is InChI=1S/C15H17N3OS/c1-18-11-13(10-17-18)9-16-15(19)8-5-12-3-6-14(20-2)7-4-12/h3-8,10-11H,9H2,1-2H3,(H,16,19)/b8-5+. The van der Waals surface area contributed by atoms with Crippen LogP contribution in [0.3, 0.4) is 0 Å². The highest BCUT2D eigenvalue weighted by atomic mass is 32.2. The van der Waals surface area contributed by atoms with Crippen molar-refractivity contribution in [2.24, 2.45) is 7.05 Å². The van der Waals surface area contributed by atoms with E-state index >= 15 is 0 Å². The van der Waals surface area contributed by atoms with Crippen LogP contribution in [0.1, 0.15) is 11.1 Å². The minimum Gasteiger partial charge on any atom is -0.348 e. The molecule has 1 aromatic heterocycles. The third kappa shape index (κ3) is 4.28. The van der Waals surface area contributed by atoms with Crippen molar-refractivity contribution in [2.75, 3.05) is 6.26 Å². The molecule has 5 heteroatoms. The topological polar surface area (TPSA) is 46.9 Å². The van der Waals surface area contributed by atoms with E-state index in [1.807, 2.05) is 49.8 Å². The fourth-order valence-corrected chi connectivity index (χ4v) is 2.11. The number of aryl methyl sites for hydroxylation is 1. The quantitative estimate of drug-likeness (QED) is 0.679. The summed E-state index contributed by atoms with van der Waals surface area (Å²) in [6.45, 7) is 0.489. The van der Waals surface area contributed by atoms with Crippen molar-refractivity contribution in [2.45, 2.75) is 11.4 Å². The van der Waals surface area contributed by atoms with Crippen molar-refractivity contribution in [3.8, 4) is 0 Å². The van der Waals surface area contributed by atoms with Crippen molar-refractivity contribution in [3.63, 3.8) is 0 Å². The van der Waals surface area contributed by atoms with Crippen LogP contribution in [-0.4, -0.2) is 21.9 Å². The van der Waals surface area contributed by atoms with Crippen molar-refractivity contribution < 1.29 is 4.79 Å². The molecule has 0 aliphatic rings. The van der Waals surface area contributed by atoms with Crippen molar-refractivity contribution in [1.82, 2.24) is 15.1 Å². The van der Waals surface area contributed by atoms with Crippen LogP contribution in [-0.2, 0) is 18.4 Å². The van der Waals surface area contributed by atoms with Gasteiger partial charge in [-0.25, -0.2) is 0 Å². The Balaban J connectivity index is 1.85. The predicted molar refractivity (Wildman–Crippen MR) is 82.3 cm³/mol. The molecular weight excluding hydrogens is 270 g/mol. The second-order valence-corrected chi connectivity index (χ2v) is 5.23. The summed E-state index contributed by atoms with van der Waals surface area (Å²) in [7, 11) is 1.85. The number of hydrogen-bond donors (Lipinski definition) is 1. The molecule has 0 atom stereocenters. The van der Waals surface area contributed by atoms with Gasteiger partial charge >= 0.3 is 0 Å². The highest BCUT2D eigenvalue weighted by Crippen LogP contribution is 2.15. The van der Waals surface area contributed by atoms with Crippen LogP contribution in [0.4, 0.5) is 0 Å². The Labute approximate surface area is 122 Å². The molecule has 0 aliphatic carbocycles. The summed E-state index contributed by atoms with van der Waals surface area (Å²) in [6.07, 6.45) is 9.01. The number of nitrogens with one attached hydrogen (secondary N) is 1. The average Bonchev–Trinajstić information content (AvgIpc) is 2.89. The fourth-order valence-electron chi connectivity index (χ4n) is 1.70. The molecule has 0 unspecified atom stereocenters. The number of rotatable bonds is 5. The van der Waals surface area contributed by atoms with E-state index in [-0.39, 0.29) is 5.91 Å². The molecule has 20 heavy (non-hydrogen) atoms. The van der Waals surface area contributed by atoms with E-state index in [9.17, 15) is 4.79 Å². The Bertz CT molecular complexity index is 602. The van der Waals surface area contributed by atoms with Gasteiger partial charge in [0, 0.05) is 36.3 Å². The van der Waals surface area contributed by atoms with Crippen molar-refractivity contribution >= 4 is 23.7 Å². The molecule has 1 N–H and O–H groups in total. The number of carbonyl (C=O) groups excluding carboxylic acids is 1. The van der Waals surface area contributed by atoms with E-state index in [0.29, 0.717) is 6.54 Å². The van der Waals surface area contributed by atoms with E-state index in [1.54, 1.807) is 28.7 Å². The molecule has 0 radical (unpaired) electrons. The zero-order valence-electron chi connectivity index (χ0n) is 11.5.